The van der Waals surface area contributed by atoms with E-state index in [1.54, 1.807) is 6.92 Å². The average molecular weight is 407 g/mol. The van der Waals surface area contributed by atoms with Crippen molar-refractivity contribution in [3.05, 3.63) is 53.3 Å². The molecule has 5 nitrogen and oxygen atoms in total. The number of hydrogen-bond acceptors (Lipinski definition) is 5. The van der Waals surface area contributed by atoms with Gasteiger partial charge >= 0.3 is 0 Å². The van der Waals surface area contributed by atoms with E-state index in [2.05, 4.69) is 15.5 Å². The lowest BCUT2D eigenvalue weighted by molar-refractivity contribution is -0.115. The summed E-state index contributed by atoms with van der Waals surface area (Å²) >= 11 is 8.54. The van der Waals surface area contributed by atoms with Crippen molar-refractivity contribution in [3.63, 3.8) is 0 Å². The van der Waals surface area contributed by atoms with E-state index in [9.17, 15) is 9.18 Å². The maximum Gasteiger partial charge on any atom is 0.237 e. The van der Waals surface area contributed by atoms with Crippen LogP contribution in [0.1, 0.15) is 6.92 Å². The monoisotopic (exact) mass is 406 g/mol. The third-order valence-corrected chi connectivity index (χ3v) is 6.04. The molecule has 2 heterocycles. The van der Waals surface area contributed by atoms with E-state index in [0.29, 0.717) is 5.16 Å². The quantitative estimate of drug-likeness (QED) is 0.492. The molecule has 0 spiro atoms. The number of anilines is 1. The van der Waals surface area contributed by atoms with Crippen LogP contribution in [0.5, 0.6) is 0 Å². The Morgan fingerprint density at radius 3 is 2.92 bits per heavy atom. The highest BCUT2D eigenvalue weighted by Gasteiger charge is 2.21. The largest absolute Gasteiger partial charge is 0.323 e. The summed E-state index contributed by atoms with van der Waals surface area (Å²) in [6.45, 7) is 1.74. The number of rotatable bonds is 4. The molecule has 0 aliphatic rings. The summed E-state index contributed by atoms with van der Waals surface area (Å²) < 4.78 is 16.9. The Morgan fingerprint density at radius 2 is 2.12 bits per heavy atom. The zero-order chi connectivity index (χ0) is 18.3. The second-order valence-electron chi connectivity index (χ2n) is 5.54. The SMILES string of the molecule is CC(Sc1nnc2sc3ccccc3n12)C(=O)Nc1ccc(Cl)cc1F. The van der Waals surface area contributed by atoms with Crippen molar-refractivity contribution >= 4 is 61.5 Å². The van der Waals surface area contributed by atoms with Crippen molar-refractivity contribution in [1.82, 2.24) is 14.6 Å². The van der Waals surface area contributed by atoms with Crippen molar-refractivity contribution in [1.29, 1.82) is 0 Å². The molecule has 1 N–H and O–H groups in total. The van der Waals surface area contributed by atoms with Gasteiger partial charge in [0.25, 0.3) is 0 Å². The number of thiazole rings is 1. The molecule has 0 bridgehead atoms. The van der Waals surface area contributed by atoms with Crippen molar-refractivity contribution in [2.45, 2.75) is 17.3 Å². The molecule has 1 unspecified atom stereocenters. The number of hydrogen-bond donors (Lipinski definition) is 1. The first-order chi connectivity index (χ1) is 12.5. The second-order valence-corrected chi connectivity index (χ2v) is 8.30. The lowest BCUT2D eigenvalue weighted by atomic mass is 10.3. The lowest BCUT2D eigenvalue weighted by Gasteiger charge is -2.11. The number of halogens is 2. The van der Waals surface area contributed by atoms with Crippen LogP contribution < -0.4 is 5.32 Å². The highest BCUT2D eigenvalue weighted by atomic mass is 35.5. The number of para-hydroxylation sites is 1. The molecule has 9 heteroatoms. The van der Waals surface area contributed by atoms with E-state index in [1.165, 1.54) is 35.2 Å². The van der Waals surface area contributed by atoms with Gasteiger partial charge in [-0.15, -0.1) is 10.2 Å². The fourth-order valence-electron chi connectivity index (χ4n) is 2.47. The van der Waals surface area contributed by atoms with E-state index >= 15 is 0 Å². The lowest BCUT2D eigenvalue weighted by Crippen LogP contribution is -2.23. The zero-order valence-corrected chi connectivity index (χ0v) is 15.8. The summed E-state index contributed by atoms with van der Waals surface area (Å²) in [5, 5.41) is 11.3. The Hall–Kier alpha value is -2.16. The van der Waals surface area contributed by atoms with Gasteiger partial charge in [-0.2, -0.15) is 0 Å². The van der Waals surface area contributed by atoms with Gasteiger partial charge in [0, 0.05) is 5.02 Å². The predicted octanol–water partition coefficient (Wildman–Crippen LogP) is 4.86. The molecule has 0 aliphatic heterocycles. The number of thioether (sulfide) groups is 1. The summed E-state index contributed by atoms with van der Waals surface area (Å²) in [4.78, 5) is 13.2. The predicted molar refractivity (Wildman–Crippen MR) is 104 cm³/mol. The molecule has 0 fully saturated rings. The van der Waals surface area contributed by atoms with Gasteiger partial charge < -0.3 is 5.32 Å². The molecular weight excluding hydrogens is 395 g/mol. The first-order valence-electron chi connectivity index (χ1n) is 7.68. The smallest absolute Gasteiger partial charge is 0.237 e. The maximum atomic E-state index is 13.9. The number of carbonyl (C=O) groups excluding carboxylic acids is 1. The molecule has 1 amide bonds. The Labute approximate surface area is 161 Å². The topological polar surface area (TPSA) is 59.3 Å². The number of benzene rings is 2. The highest BCUT2D eigenvalue weighted by molar-refractivity contribution is 8.00. The van der Waals surface area contributed by atoms with E-state index < -0.39 is 11.1 Å². The summed E-state index contributed by atoms with van der Waals surface area (Å²) in [5.74, 6) is -0.899. The summed E-state index contributed by atoms with van der Waals surface area (Å²) in [6.07, 6.45) is 0. The number of carbonyl (C=O) groups is 1. The van der Waals surface area contributed by atoms with Gasteiger partial charge in [-0.3, -0.25) is 9.20 Å². The van der Waals surface area contributed by atoms with Gasteiger partial charge in [0.05, 0.1) is 21.2 Å². The van der Waals surface area contributed by atoms with Crippen molar-refractivity contribution in [3.8, 4) is 0 Å². The molecule has 0 saturated carbocycles. The van der Waals surface area contributed by atoms with Crippen molar-refractivity contribution < 1.29 is 9.18 Å². The van der Waals surface area contributed by atoms with Gasteiger partial charge in [0.1, 0.15) is 5.82 Å². The molecule has 2 aromatic carbocycles. The number of amides is 1. The molecule has 2 aromatic heterocycles. The molecule has 4 aromatic rings. The molecule has 0 aliphatic carbocycles. The third-order valence-electron chi connectivity index (χ3n) is 3.75. The molecule has 0 saturated heterocycles. The zero-order valence-electron chi connectivity index (χ0n) is 13.4. The van der Waals surface area contributed by atoms with E-state index in [4.69, 9.17) is 11.6 Å². The van der Waals surface area contributed by atoms with E-state index in [1.807, 2.05) is 28.7 Å². The van der Waals surface area contributed by atoms with Gasteiger partial charge in [-0.25, -0.2) is 4.39 Å². The first kappa shape index (κ1) is 17.3. The Morgan fingerprint density at radius 1 is 1.31 bits per heavy atom. The van der Waals surface area contributed by atoms with Crippen LogP contribution in [0.2, 0.25) is 5.02 Å². The normalized spacial score (nSPS) is 12.6. The van der Waals surface area contributed by atoms with Crippen LogP contribution in [-0.2, 0) is 4.79 Å². The van der Waals surface area contributed by atoms with Gasteiger partial charge in [0.2, 0.25) is 10.9 Å². The van der Waals surface area contributed by atoms with Crippen molar-refractivity contribution in [2.24, 2.45) is 0 Å². The highest BCUT2D eigenvalue weighted by Crippen LogP contribution is 2.31. The van der Waals surface area contributed by atoms with Crippen LogP contribution in [0.15, 0.2) is 47.6 Å². The minimum atomic E-state index is -0.572. The van der Waals surface area contributed by atoms with Gasteiger partial charge in [0.15, 0.2) is 5.16 Å². The molecule has 0 radical (unpaired) electrons. The average Bonchev–Trinajstić information content (AvgIpc) is 3.17. The van der Waals surface area contributed by atoms with Gasteiger partial charge in [-0.1, -0.05) is 46.8 Å². The Balaban J connectivity index is 1.57. The number of nitrogens with one attached hydrogen (secondary N) is 1. The second kappa shape index (κ2) is 6.86. The van der Waals surface area contributed by atoms with Crippen LogP contribution in [-0.4, -0.2) is 25.8 Å². The minimum Gasteiger partial charge on any atom is -0.323 e. The number of fused-ring (bicyclic) bond motifs is 3. The molecule has 26 heavy (non-hydrogen) atoms. The molecule has 4 rings (SSSR count). The van der Waals surface area contributed by atoms with Crippen molar-refractivity contribution in [2.75, 3.05) is 5.32 Å². The number of aromatic nitrogens is 3. The fraction of sp³-hybridized carbons (Fsp3) is 0.118. The summed E-state index contributed by atoms with van der Waals surface area (Å²) in [6, 6.07) is 12.0. The first-order valence-corrected chi connectivity index (χ1v) is 9.75. The minimum absolute atomic E-state index is 0.0965. The number of nitrogens with zero attached hydrogens (tertiary/aromatic N) is 3. The van der Waals surface area contributed by atoms with Crippen LogP contribution in [0, 0.1) is 5.82 Å². The van der Waals surface area contributed by atoms with Crippen LogP contribution >= 0.6 is 34.7 Å². The van der Waals surface area contributed by atoms with E-state index in [-0.39, 0.29) is 16.6 Å². The van der Waals surface area contributed by atoms with Crippen LogP contribution in [0.3, 0.4) is 0 Å². The maximum absolute atomic E-state index is 13.9. The van der Waals surface area contributed by atoms with Crippen LogP contribution in [0.25, 0.3) is 15.2 Å². The van der Waals surface area contributed by atoms with Gasteiger partial charge in [-0.05, 0) is 37.3 Å². The third kappa shape index (κ3) is 3.15. The fourth-order valence-corrected chi connectivity index (χ4v) is 4.51. The molecule has 132 valence electrons. The molecule has 1 atom stereocenters. The van der Waals surface area contributed by atoms with Crippen LogP contribution in [0.4, 0.5) is 10.1 Å². The summed E-state index contributed by atoms with van der Waals surface area (Å²) in [5.41, 5.74) is 1.09. The molecular formula is C17H12ClFN4OS2. The van der Waals surface area contributed by atoms with E-state index in [0.717, 1.165) is 21.2 Å². The standard InChI is InChI=1S/C17H12ClFN4OS2/c1-9(15(24)20-12-7-6-10(18)8-11(12)19)25-16-21-22-17-23(16)13-4-2-3-5-14(13)26-17/h2-9H,1H3,(H,20,24). The Bertz CT molecular complexity index is 1130. The Kier molecular flexibility index (Phi) is 4.56. The summed E-state index contributed by atoms with van der Waals surface area (Å²) in [7, 11) is 0.